The van der Waals surface area contributed by atoms with Gasteiger partial charge in [0.25, 0.3) is 11.7 Å². The van der Waals surface area contributed by atoms with Crippen LogP contribution in [0.2, 0.25) is 0 Å². The molecule has 2 aromatic carbocycles. The largest absolute Gasteiger partial charge is 0.507 e. The molecule has 1 unspecified atom stereocenters. The molecule has 1 N–H and O–H groups in total. The van der Waals surface area contributed by atoms with Crippen LogP contribution in [0.15, 0.2) is 54.1 Å². The van der Waals surface area contributed by atoms with Gasteiger partial charge >= 0.3 is 0 Å². The normalized spacial score (nSPS) is 20.8. The number of aliphatic hydroxyl groups is 1. The Bertz CT molecular complexity index is 1050. The van der Waals surface area contributed by atoms with Gasteiger partial charge in [-0.3, -0.25) is 14.5 Å². The van der Waals surface area contributed by atoms with Gasteiger partial charge in [0, 0.05) is 31.7 Å². The number of amides is 1. The lowest BCUT2D eigenvalue weighted by atomic mass is 9.95. The number of hydrogen-bond donors (Lipinski definition) is 1. The van der Waals surface area contributed by atoms with Gasteiger partial charge in [0.05, 0.1) is 39.0 Å². The van der Waals surface area contributed by atoms with Crippen molar-refractivity contribution in [2.24, 2.45) is 0 Å². The summed E-state index contributed by atoms with van der Waals surface area (Å²) >= 11 is 0. The van der Waals surface area contributed by atoms with E-state index in [1.165, 1.54) is 12.0 Å². The Morgan fingerprint density at radius 2 is 1.70 bits per heavy atom. The van der Waals surface area contributed by atoms with Crippen molar-refractivity contribution in [3.63, 3.8) is 0 Å². The first kappa shape index (κ1) is 22.8. The van der Waals surface area contributed by atoms with E-state index in [0.717, 1.165) is 13.1 Å². The third kappa shape index (κ3) is 4.58. The smallest absolute Gasteiger partial charge is 0.295 e. The van der Waals surface area contributed by atoms with Gasteiger partial charge in [-0.25, -0.2) is 0 Å². The summed E-state index contributed by atoms with van der Waals surface area (Å²) in [6.07, 6.45) is 0. The number of methoxy groups -OCH3 is 2. The summed E-state index contributed by atoms with van der Waals surface area (Å²) in [5.74, 6) is -0.496. The molecule has 8 nitrogen and oxygen atoms in total. The van der Waals surface area contributed by atoms with Gasteiger partial charge in [0.15, 0.2) is 11.5 Å². The third-order valence-electron chi connectivity index (χ3n) is 6.07. The molecule has 0 spiro atoms. The number of Topliss-reactive ketones (excluding diaryl/α,β-unsaturated/α-hetero) is 1. The monoisotopic (exact) mass is 452 g/mol. The maximum atomic E-state index is 13.1. The SMILES string of the molecule is COc1ccc(C2C(=C(O)c3ccccc3)C(=O)C(=O)N2CCN2CCOCC2)cc1OC. The lowest BCUT2D eigenvalue weighted by Gasteiger charge is -2.31. The average molecular weight is 453 g/mol. The van der Waals surface area contributed by atoms with E-state index in [1.807, 2.05) is 6.07 Å². The summed E-state index contributed by atoms with van der Waals surface area (Å²) in [6.45, 7) is 3.78. The molecule has 0 saturated carbocycles. The van der Waals surface area contributed by atoms with Gasteiger partial charge in [-0.1, -0.05) is 36.4 Å². The Balaban J connectivity index is 1.77. The number of aliphatic hydroxyl groups excluding tert-OH is 1. The highest BCUT2D eigenvalue weighted by molar-refractivity contribution is 6.46. The lowest BCUT2D eigenvalue weighted by Crippen LogP contribution is -2.42. The van der Waals surface area contributed by atoms with Crippen molar-refractivity contribution in [1.29, 1.82) is 0 Å². The van der Waals surface area contributed by atoms with Gasteiger partial charge in [-0.05, 0) is 17.7 Å². The first-order chi connectivity index (χ1) is 16.0. The van der Waals surface area contributed by atoms with Crippen LogP contribution < -0.4 is 9.47 Å². The Hall–Kier alpha value is -3.36. The zero-order valence-electron chi connectivity index (χ0n) is 18.8. The molecule has 2 aromatic rings. The van der Waals surface area contributed by atoms with Crippen LogP contribution in [0.4, 0.5) is 0 Å². The Kier molecular flexibility index (Phi) is 6.96. The topological polar surface area (TPSA) is 88.5 Å². The van der Waals surface area contributed by atoms with Crippen molar-refractivity contribution >= 4 is 17.4 Å². The van der Waals surface area contributed by atoms with Crippen molar-refractivity contribution in [2.45, 2.75) is 6.04 Å². The van der Waals surface area contributed by atoms with Crippen LogP contribution in [0.1, 0.15) is 17.2 Å². The van der Waals surface area contributed by atoms with Crippen LogP contribution in [-0.4, -0.2) is 80.2 Å². The van der Waals surface area contributed by atoms with E-state index in [1.54, 1.807) is 49.6 Å². The van der Waals surface area contributed by atoms with Gasteiger partial charge in [-0.2, -0.15) is 0 Å². The second kappa shape index (κ2) is 10.1. The van der Waals surface area contributed by atoms with Crippen molar-refractivity contribution in [3.05, 3.63) is 65.2 Å². The number of morpholine rings is 1. The van der Waals surface area contributed by atoms with E-state index in [-0.39, 0.29) is 11.3 Å². The molecule has 4 rings (SSSR count). The maximum absolute atomic E-state index is 13.1. The summed E-state index contributed by atoms with van der Waals surface area (Å²) in [5, 5.41) is 11.1. The predicted octanol–water partition coefficient (Wildman–Crippen LogP) is 2.46. The van der Waals surface area contributed by atoms with Crippen molar-refractivity contribution < 1.29 is 28.9 Å². The standard InChI is InChI=1S/C25H28N2O6/c1-31-19-9-8-18(16-20(19)32-2)22-21(23(28)17-6-4-3-5-7-17)24(29)25(30)27(22)11-10-26-12-14-33-15-13-26/h3-9,16,22,28H,10-15H2,1-2H3. The number of nitrogens with zero attached hydrogens (tertiary/aromatic N) is 2. The van der Waals surface area contributed by atoms with E-state index >= 15 is 0 Å². The van der Waals surface area contributed by atoms with Gasteiger partial charge in [0.2, 0.25) is 0 Å². The number of benzene rings is 2. The van der Waals surface area contributed by atoms with E-state index < -0.39 is 17.7 Å². The minimum absolute atomic E-state index is 0.0698. The molecule has 33 heavy (non-hydrogen) atoms. The first-order valence-electron chi connectivity index (χ1n) is 10.9. The first-order valence-corrected chi connectivity index (χ1v) is 10.9. The summed E-state index contributed by atoms with van der Waals surface area (Å²) in [7, 11) is 3.07. The number of carbonyl (C=O) groups excluding carboxylic acids is 2. The number of carbonyl (C=O) groups is 2. The maximum Gasteiger partial charge on any atom is 0.295 e. The van der Waals surface area contributed by atoms with Gasteiger partial charge in [-0.15, -0.1) is 0 Å². The van der Waals surface area contributed by atoms with E-state index in [9.17, 15) is 14.7 Å². The number of ketones is 1. The highest BCUT2D eigenvalue weighted by atomic mass is 16.5. The Morgan fingerprint density at radius 3 is 2.36 bits per heavy atom. The third-order valence-corrected chi connectivity index (χ3v) is 6.07. The summed E-state index contributed by atoms with van der Waals surface area (Å²) < 4.78 is 16.2. The molecule has 1 amide bonds. The molecule has 0 aliphatic carbocycles. The second-order valence-corrected chi connectivity index (χ2v) is 7.93. The number of likely N-dealkylation sites (tertiary alicyclic amines) is 1. The van der Waals surface area contributed by atoms with Crippen molar-refractivity contribution in [2.75, 3.05) is 53.6 Å². The van der Waals surface area contributed by atoms with E-state index in [0.29, 0.717) is 48.9 Å². The van der Waals surface area contributed by atoms with Crippen LogP contribution >= 0.6 is 0 Å². The molecule has 1 atom stereocenters. The highest BCUT2D eigenvalue weighted by Gasteiger charge is 2.46. The van der Waals surface area contributed by atoms with Crippen LogP contribution in [-0.2, 0) is 14.3 Å². The molecule has 2 aliphatic heterocycles. The summed E-state index contributed by atoms with van der Waals surface area (Å²) in [5.41, 5.74) is 1.21. The molecule has 2 aliphatic rings. The van der Waals surface area contributed by atoms with E-state index in [4.69, 9.17) is 14.2 Å². The van der Waals surface area contributed by atoms with Gasteiger partial charge < -0.3 is 24.2 Å². The van der Waals surface area contributed by atoms with Crippen LogP contribution in [0, 0.1) is 0 Å². The zero-order chi connectivity index (χ0) is 23.4. The van der Waals surface area contributed by atoms with Crippen LogP contribution in [0.25, 0.3) is 5.76 Å². The van der Waals surface area contributed by atoms with E-state index in [2.05, 4.69) is 4.90 Å². The lowest BCUT2D eigenvalue weighted by molar-refractivity contribution is -0.140. The molecule has 0 bridgehead atoms. The Labute approximate surface area is 193 Å². The summed E-state index contributed by atoms with van der Waals surface area (Å²) in [6, 6.07) is 13.3. The molecular formula is C25H28N2O6. The highest BCUT2D eigenvalue weighted by Crippen LogP contribution is 2.41. The average Bonchev–Trinajstić information content (AvgIpc) is 3.12. The second-order valence-electron chi connectivity index (χ2n) is 7.93. The molecule has 8 heteroatoms. The molecule has 0 aromatic heterocycles. The molecule has 0 radical (unpaired) electrons. The molecule has 174 valence electrons. The predicted molar refractivity (Wildman–Crippen MR) is 122 cm³/mol. The zero-order valence-corrected chi connectivity index (χ0v) is 18.8. The Morgan fingerprint density at radius 1 is 1.00 bits per heavy atom. The van der Waals surface area contributed by atoms with Crippen molar-refractivity contribution in [3.8, 4) is 11.5 Å². The molecule has 2 heterocycles. The van der Waals surface area contributed by atoms with Crippen LogP contribution in [0.3, 0.4) is 0 Å². The van der Waals surface area contributed by atoms with Crippen molar-refractivity contribution in [1.82, 2.24) is 9.80 Å². The quantitative estimate of drug-likeness (QED) is 0.392. The fourth-order valence-electron chi connectivity index (χ4n) is 4.31. The summed E-state index contributed by atoms with van der Waals surface area (Å²) in [4.78, 5) is 30.0. The molecule has 2 fully saturated rings. The van der Waals surface area contributed by atoms with Gasteiger partial charge in [0.1, 0.15) is 5.76 Å². The molecule has 2 saturated heterocycles. The number of ether oxygens (including phenoxy) is 3. The number of hydrogen-bond acceptors (Lipinski definition) is 7. The molecular weight excluding hydrogens is 424 g/mol. The minimum atomic E-state index is -0.744. The minimum Gasteiger partial charge on any atom is -0.507 e. The van der Waals surface area contributed by atoms with Crippen LogP contribution in [0.5, 0.6) is 11.5 Å². The fourth-order valence-corrected chi connectivity index (χ4v) is 4.31. The number of rotatable bonds is 7. The fraction of sp³-hybridized carbons (Fsp3) is 0.360.